The lowest BCUT2D eigenvalue weighted by Gasteiger charge is -2.13. The molecule has 3 aromatic rings. The van der Waals surface area contributed by atoms with Crippen molar-refractivity contribution < 1.29 is 9.18 Å². The molecule has 1 amide bonds. The monoisotopic (exact) mass is 405 g/mol. The van der Waals surface area contributed by atoms with E-state index in [0.29, 0.717) is 10.8 Å². The van der Waals surface area contributed by atoms with Crippen molar-refractivity contribution >= 4 is 35.0 Å². The Morgan fingerprint density at radius 3 is 2.78 bits per heavy atom. The summed E-state index contributed by atoms with van der Waals surface area (Å²) in [5.74, 6) is -0.753. The zero-order valence-corrected chi connectivity index (χ0v) is 16.5. The molecule has 1 N–H and O–H groups in total. The van der Waals surface area contributed by atoms with Crippen molar-refractivity contribution in [1.82, 2.24) is 20.2 Å². The Kier molecular flexibility index (Phi) is 5.76. The highest BCUT2D eigenvalue weighted by atomic mass is 35.5. The van der Waals surface area contributed by atoms with Crippen LogP contribution in [-0.2, 0) is 4.79 Å². The molecule has 0 aliphatic carbocycles. The Morgan fingerprint density at radius 2 is 2.04 bits per heavy atom. The summed E-state index contributed by atoms with van der Waals surface area (Å²) in [6, 6.07) is 9.80. The molecule has 2 aromatic carbocycles. The first-order valence-electron chi connectivity index (χ1n) is 8.13. The Morgan fingerprint density at radius 1 is 1.26 bits per heavy atom. The van der Waals surface area contributed by atoms with E-state index in [1.807, 2.05) is 32.0 Å². The fourth-order valence-corrected chi connectivity index (χ4v) is 3.40. The molecule has 0 radical (unpaired) electrons. The third-order valence-corrected chi connectivity index (χ3v) is 5.22. The fraction of sp³-hybridized carbons (Fsp3) is 0.222. The summed E-state index contributed by atoms with van der Waals surface area (Å²) in [4.78, 5) is 12.5. The zero-order valence-electron chi connectivity index (χ0n) is 14.9. The number of benzene rings is 2. The van der Waals surface area contributed by atoms with Crippen molar-refractivity contribution in [2.45, 2.75) is 31.2 Å². The molecule has 1 atom stereocenters. The van der Waals surface area contributed by atoms with Gasteiger partial charge in [0.2, 0.25) is 11.1 Å². The first-order chi connectivity index (χ1) is 12.8. The first-order valence-corrected chi connectivity index (χ1v) is 9.39. The number of aryl methyl sites for hydroxylation is 2. The third-order valence-electron chi connectivity index (χ3n) is 3.87. The van der Waals surface area contributed by atoms with E-state index in [2.05, 4.69) is 20.8 Å². The minimum Gasteiger partial charge on any atom is -0.324 e. The van der Waals surface area contributed by atoms with Crippen LogP contribution in [0.5, 0.6) is 0 Å². The molecule has 6 nitrogen and oxygen atoms in total. The molecule has 27 heavy (non-hydrogen) atoms. The van der Waals surface area contributed by atoms with Gasteiger partial charge in [0.25, 0.3) is 0 Å². The van der Waals surface area contributed by atoms with Gasteiger partial charge in [-0.2, -0.15) is 4.68 Å². The highest BCUT2D eigenvalue weighted by Gasteiger charge is 2.20. The largest absolute Gasteiger partial charge is 0.324 e. The number of amides is 1. The van der Waals surface area contributed by atoms with Gasteiger partial charge >= 0.3 is 0 Å². The number of halogens is 2. The molecule has 9 heteroatoms. The maximum Gasteiger partial charge on any atom is 0.237 e. The molecule has 140 valence electrons. The van der Waals surface area contributed by atoms with Gasteiger partial charge in [0.1, 0.15) is 5.82 Å². The average molecular weight is 406 g/mol. The number of nitrogens with zero attached hydrogens (tertiary/aromatic N) is 4. The van der Waals surface area contributed by atoms with Gasteiger partial charge in [-0.15, -0.1) is 5.10 Å². The summed E-state index contributed by atoms with van der Waals surface area (Å²) in [5, 5.41) is 14.6. The number of thioether (sulfide) groups is 1. The van der Waals surface area contributed by atoms with Crippen LogP contribution in [0.25, 0.3) is 5.69 Å². The summed E-state index contributed by atoms with van der Waals surface area (Å²) in [6.45, 7) is 5.69. The fourth-order valence-electron chi connectivity index (χ4n) is 2.39. The van der Waals surface area contributed by atoms with E-state index in [1.54, 1.807) is 11.6 Å². The minimum atomic E-state index is -0.499. The van der Waals surface area contributed by atoms with Crippen molar-refractivity contribution in [3.63, 3.8) is 0 Å². The van der Waals surface area contributed by atoms with Crippen LogP contribution in [0.2, 0.25) is 5.02 Å². The van der Waals surface area contributed by atoms with Gasteiger partial charge in [0.15, 0.2) is 0 Å². The SMILES string of the molecule is Cc1ccc(C)c(-n2nnnc2S[C@H](C)C(=O)Nc2ccc(F)cc2Cl)c1. The third kappa shape index (κ3) is 4.45. The highest BCUT2D eigenvalue weighted by molar-refractivity contribution is 8.00. The second-order valence-electron chi connectivity index (χ2n) is 6.04. The Hall–Kier alpha value is -2.45. The van der Waals surface area contributed by atoms with Gasteiger partial charge in [0.05, 0.1) is 21.6 Å². The van der Waals surface area contributed by atoms with Crippen LogP contribution in [0.1, 0.15) is 18.1 Å². The number of anilines is 1. The normalized spacial score (nSPS) is 12.0. The second-order valence-corrected chi connectivity index (χ2v) is 7.75. The molecule has 1 heterocycles. The van der Waals surface area contributed by atoms with E-state index < -0.39 is 11.1 Å². The average Bonchev–Trinajstić information content (AvgIpc) is 3.07. The smallest absolute Gasteiger partial charge is 0.237 e. The van der Waals surface area contributed by atoms with Crippen molar-refractivity contribution in [2.75, 3.05) is 5.32 Å². The number of nitrogens with one attached hydrogen (secondary N) is 1. The number of carbonyl (C=O) groups is 1. The van der Waals surface area contributed by atoms with E-state index in [9.17, 15) is 9.18 Å². The molecule has 1 aromatic heterocycles. The van der Waals surface area contributed by atoms with Crippen LogP contribution in [0.3, 0.4) is 0 Å². The van der Waals surface area contributed by atoms with E-state index in [-0.39, 0.29) is 10.9 Å². The Bertz CT molecular complexity index is 994. The molecule has 0 aliphatic heterocycles. The number of carbonyl (C=O) groups excluding carboxylic acids is 1. The molecule has 0 fully saturated rings. The maximum atomic E-state index is 13.1. The lowest BCUT2D eigenvalue weighted by molar-refractivity contribution is -0.115. The predicted octanol–water partition coefficient (Wildman–Crippen LogP) is 4.19. The Labute approximate surface area is 165 Å². The zero-order chi connectivity index (χ0) is 19.6. The Balaban J connectivity index is 1.77. The van der Waals surface area contributed by atoms with Gasteiger partial charge in [-0.1, -0.05) is 35.5 Å². The maximum absolute atomic E-state index is 13.1. The highest BCUT2D eigenvalue weighted by Crippen LogP contribution is 2.27. The van der Waals surface area contributed by atoms with Crippen LogP contribution in [-0.4, -0.2) is 31.4 Å². The number of rotatable bonds is 5. The number of hydrogen-bond acceptors (Lipinski definition) is 5. The molecule has 3 rings (SSSR count). The predicted molar refractivity (Wildman–Crippen MR) is 104 cm³/mol. The van der Waals surface area contributed by atoms with Crippen molar-refractivity contribution in [1.29, 1.82) is 0 Å². The summed E-state index contributed by atoms with van der Waals surface area (Å²) in [7, 11) is 0. The lowest BCUT2D eigenvalue weighted by atomic mass is 10.1. The molecular formula is C18H17ClFN5OS. The van der Waals surface area contributed by atoms with E-state index in [0.717, 1.165) is 22.9 Å². The van der Waals surface area contributed by atoms with Crippen LogP contribution in [0.15, 0.2) is 41.6 Å². The van der Waals surface area contributed by atoms with E-state index >= 15 is 0 Å². The number of aromatic nitrogens is 4. The van der Waals surface area contributed by atoms with Crippen LogP contribution in [0, 0.1) is 19.7 Å². The van der Waals surface area contributed by atoms with Crippen LogP contribution >= 0.6 is 23.4 Å². The minimum absolute atomic E-state index is 0.140. The standard InChI is InChI=1S/C18H17ClFN5OS/c1-10-4-5-11(2)16(8-10)25-18(22-23-24-25)27-12(3)17(26)21-15-7-6-13(20)9-14(15)19/h4-9,12H,1-3H3,(H,21,26)/t12-/m1/s1. The van der Waals surface area contributed by atoms with Crippen molar-refractivity contribution in [3.8, 4) is 5.69 Å². The summed E-state index contributed by atoms with van der Waals surface area (Å²) in [5.41, 5.74) is 3.31. The van der Waals surface area contributed by atoms with Gasteiger partial charge in [0, 0.05) is 0 Å². The quantitative estimate of drug-likeness (QED) is 0.644. The van der Waals surface area contributed by atoms with Gasteiger partial charge in [-0.05, 0) is 66.6 Å². The molecule has 0 aliphatic rings. The molecule has 0 saturated heterocycles. The summed E-state index contributed by atoms with van der Waals surface area (Å²) >= 11 is 7.18. The van der Waals surface area contributed by atoms with Gasteiger partial charge in [-0.25, -0.2) is 4.39 Å². The molecule has 0 bridgehead atoms. The van der Waals surface area contributed by atoms with Gasteiger partial charge < -0.3 is 5.32 Å². The van der Waals surface area contributed by atoms with Crippen LogP contribution in [0.4, 0.5) is 10.1 Å². The topological polar surface area (TPSA) is 72.7 Å². The number of hydrogen-bond donors (Lipinski definition) is 1. The van der Waals surface area contributed by atoms with Gasteiger partial charge in [-0.3, -0.25) is 4.79 Å². The van der Waals surface area contributed by atoms with E-state index in [1.165, 1.54) is 23.9 Å². The van der Waals surface area contributed by atoms with Crippen molar-refractivity contribution in [3.05, 3.63) is 58.4 Å². The molecule has 0 saturated carbocycles. The summed E-state index contributed by atoms with van der Waals surface area (Å²) in [6.07, 6.45) is 0. The molecular weight excluding hydrogens is 389 g/mol. The second kappa shape index (κ2) is 8.06. The number of tetrazole rings is 1. The summed E-state index contributed by atoms with van der Waals surface area (Å²) < 4.78 is 14.7. The van der Waals surface area contributed by atoms with E-state index in [4.69, 9.17) is 11.6 Å². The molecule has 0 spiro atoms. The van der Waals surface area contributed by atoms with Crippen molar-refractivity contribution in [2.24, 2.45) is 0 Å². The van der Waals surface area contributed by atoms with Crippen LogP contribution < -0.4 is 5.32 Å². The lowest BCUT2D eigenvalue weighted by Crippen LogP contribution is -2.23. The molecule has 0 unspecified atom stereocenters. The first kappa shape index (κ1) is 19.3.